The van der Waals surface area contributed by atoms with Crippen LogP contribution in [0.15, 0.2) is 12.4 Å². The Kier molecular flexibility index (Phi) is 3.02. The molecular formula is C10H11F2N3O3. The van der Waals surface area contributed by atoms with Crippen molar-refractivity contribution in [3.05, 3.63) is 18.0 Å². The number of carboxylic acid groups (broad SMARTS) is 1. The zero-order valence-corrected chi connectivity index (χ0v) is 9.29. The van der Waals surface area contributed by atoms with Gasteiger partial charge in [0.2, 0.25) is 0 Å². The summed E-state index contributed by atoms with van der Waals surface area (Å²) in [6.45, 7) is -0.838. The van der Waals surface area contributed by atoms with Crippen molar-refractivity contribution in [3.8, 4) is 0 Å². The number of aromatic nitrogens is 2. The Balaban J connectivity index is 2.19. The highest BCUT2D eigenvalue weighted by Gasteiger charge is 2.47. The normalized spacial score (nSPS) is 22.8. The summed E-state index contributed by atoms with van der Waals surface area (Å²) >= 11 is 0. The summed E-state index contributed by atoms with van der Waals surface area (Å²) < 4.78 is 28.7. The minimum Gasteiger partial charge on any atom is -0.465 e. The lowest BCUT2D eigenvalue weighted by molar-refractivity contribution is -0.100. The Morgan fingerprint density at radius 2 is 2.33 bits per heavy atom. The molecule has 6 nitrogen and oxygen atoms in total. The summed E-state index contributed by atoms with van der Waals surface area (Å²) in [6.07, 6.45) is 1.56. The summed E-state index contributed by atoms with van der Waals surface area (Å²) in [5.41, 5.74) is 0.214. The zero-order chi connectivity index (χ0) is 13.3. The molecule has 2 rings (SSSR count). The fourth-order valence-corrected chi connectivity index (χ4v) is 2.00. The molecule has 1 aromatic heterocycles. The van der Waals surface area contributed by atoms with Crippen molar-refractivity contribution in [3.63, 3.8) is 0 Å². The maximum Gasteiger partial charge on any atom is 0.407 e. The van der Waals surface area contributed by atoms with Gasteiger partial charge in [0.05, 0.1) is 18.3 Å². The Morgan fingerprint density at radius 3 is 2.83 bits per heavy atom. The van der Waals surface area contributed by atoms with Crippen molar-refractivity contribution in [1.29, 1.82) is 0 Å². The average Bonchev–Trinajstić information content (AvgIpc) is 2.75. The molecular weight excluding hydrogens is 248 g/mol. The fraction of sp³-hybridized carbons (Fsp3) is 0.500. The molecule has 1 atom stereocenters. The highest BCUT2D eigenvalue weighted by Crippen LogP contribution is 2.36. The van der Waals surface area contributed by atoms with Crippen LogP contribution >= 0.6 is 0 Å². The van der Waals surface area contributed by atoms with Gasteiger partial charge in [0.1, 0.15) is 6.04 Å². The van der Waals surface area contributed by atoms with Crippen molar-refractivity contribution in [2.75, 3.05) is 13.1 Å². The summed E-state index contributed by atoms with van der Waals surface area (Å²) in [5, 5.41) is 12.4. The fourth-order valence-electron chi connectivity index (χ4n) is 2.00. The van der Waals surface area contributed by atoms with Gasteiger partial charge in [-0.1, -0.05) is 0 Å². The lowest BCUT2D eigenvalue weighted by Crippen LogP contribution is -2.51. The Hall–Kier alpha value is -1.99. The SMILES string of the molecule is O=Cc1cnn(C2CCN(C(=O)O)CC2(F)F)c1. The van der Waals surface area contributed by atoms with Crippen LogP contribution in [0.25, 0.3) is 0 Å². The van der Waals surface area contributed by atoms with E-state index < -0.39 is 24.6 Å². The quantitative estimate of drug-likeness (QED) is 0.811. The van der Waals surface area contributed by atoms with E-state index in [1.807, 2.05) is 0 Å². The molecule has 0 aliphatic carbocycles. The number of alkyl halides is 2. The Morgan fingerprint density at radius 1 is 1.61 bits per heavy atom. The van der Waals surface area contributed by atoms with Gasteiger partial charge in [-0.15, -0.1) is 0 Å². The lowest BCUT2D eigenvalue weighted by atomic mass is 10.0. The number of likely N-dealkylation sites (tertiary alicyclic amines) is 1. The molecule has 0 aromatic carbocycles. The number of hydrogen-bond acceptors (Lipinski definition) is 3. The number of aldehydes is 1. The van der Waals surface area contributed by atoms with Crippen molar-refractivity contribution < 1.29 is 23.5 Å². The summed E-state index contributed by atoms with van der Waals surface area (Å²) in [7, 11) is 0. The monoisotopic (exact) mass is 259 g/mol. The van der Waals surface area contributed by atoms with E-state index in [0.717, 1.165) is 4.68 Å². The number of nitrogens with zero attached hydrogens (tertiary/aromatic N) is 3. The van der Waals surface area contributed by atoms with Gasteiger partial charge >= 0.3 is 6.09 Å². The lowest BCUT2D eigenvalue weighted by Gasteiger charge is -2.36. The predicted molar refractivity (Wildman–Crippen MR) is 55.8 cm³/mol. The van der Waals surface area contributed by atoms with Gasteiger partial charge in [-0.2, -0.15) is 5.10 Å². The zero-order valence-electron chi connectivity index (χ0n) is 9.29. The molecule has 2 heterocycles. The summed E-state index contributed by atoms with van der Waals surface area (Å²) in [5.74, 6) is -3.21. The Labute approximate surface area is 101 Å². The number of piperidine rings is 1. The average molecular weight is 259 g/mol. The summed E-state index contributed by atoms with van der Waals surface area (Å²) in [6, 6.07) is -1.22. The number of carbonyl (C=O) groups is 2. The van der Waals surface area contributed by atoms with Crippen LogP contribution < -0.4 is 0 Å². The van der Waals surface area contributed by atoms with Crippen molar-refractivity contribution >= 4 is 12.4 Å². The van der Waals surface area contributed by atoms with E-state index in [1.54, 1.807) is 0 Å². The topological polar surface area (TPSA) is 75.4 Å². The molecule has 1 amide bonds. The van der Waals surface area contributed by atoms with Crippen LogP contribution in [0.1, 0.15) is 22.8 Å². The number of carbonyl (C=O) groups excluding carboxylic acids is 1. The third kappa shape index (κ3) is 2.18. The third-order valence-electron chi connectivity index (χ3n) is 2.91. The highest BCUT2D eigenvalue weighted by molar-refractivity contribution is 5.73. The maximum atomic E-state index is 13.8. The molecule has 1 aliphatic heterocycles. The van der Waals surface area contributed by atoms with E-state index in [1.165, 1.54) is 12.4 Å². The van der Waals surface area contributed by atoms with Crippen LogP contribution in [0.3, 0.4) is 0 Å². The minimum atomic E-state index is -3.21. The van der Waals surface area contributed by atoms with Crippen LogP contribution in [-0.4, -0.2) is 51.2 Å². The molecule has 1 aliphatic rings. The predicted octanol–water partition coefficient (Wildman–Crippen LogP) is 1.26. The van der Waals surface area contributed by atoms with Crippen LogP contribution in [0.2, 0.25) is 0 Å². The van der Waals surface area contributed by atoms with Gasteiger partial charge in [-0.05, 0) is 6.42 Å². The van der Waals surface area contributed by atoms with E-state index in [4.69, 9.17) is 5.11 Å². The Bertz CT molecular complexity index is 475. The first-order valence-electron chi connectivity index (χ1n) is 5.29. The van der Waals surface area contributed by atoms with E-state index in [9.17, 15) is 18.4 Å². The van der Waals surface area contributed by atoms with E-state index >= 15 is 0 Å². The van der Waals surface area contributed by atoms with Gasteiger partial charge in [0, 0.05) is 12.7 Å². The smallest absolute Gasteiger partial charge is 0.407 e. The molecule has 1 saturated heterocycles. The van der Waals surface area contributed by atoms with E-state index in [0.29, 0.717) is 11.2 Å². The van der Waals surface area contributed by atoms with Crippen molar-refractivity contribution in [2.45, 2.75) is 18.4 Å². The minimum absolute atomic E-state index is 0.0197. The first-order chi connectivity index (χ1) is 8.44. The maximum absolute atomic E-state index is 13.8. The first kappa shape index (κ1) is 12.5. The standard InChI is InChI=1S/C10H11F2N3O3/c11-10(12)6-14(9(17)18)2-1-8(10)15-4-7(5-16)3-13-15/h3-5,8H,1-2,6H2,(H,17,18). The largest absolute Gasteiger partial charge is 0.465 e. The van der Waals surface area contributed by atoms with E-state index in [-0.39, 0.29) is 18.5 Å². The number of halogens is 2. The second-order valence-corrected chi connectivity index (χ2v) is 4.14. The number of rotatable bonds is 2. The van der Waals surface area contributed by atoms with Crippen molar-refractivity contribution in [1.82, 2.24) is 14.7 Å². The molecule has 0 radical (unpaired) electrons. The van der Waals surface area contributed by atoms with Gasteiger partial charge in [-0.3, -0.25) is 9.48 Å². The molecule has 98 valence electrons. The number of hydrogen-bond donors (Lipinski definition) is 1. The molecule has 18 heavy (non-hydrogen) atoms. The molecule has 0 bridgehead atoms. The summed E-state index contributed by atoms with van der Waals surface area (Å²) in [4.78, 5) is 21.8. The highest BCUT2D eigenvalue weighted by atomic mass is 19.3. The van der Waals surface area contributed by atoms with Crippen LogP contribution in [0.5, 0.6) is 0 Å². The number of amides is 1. The van der Waals surface area contributed by atoms with Gasteiger partial charge < -0.3 is 10.0 Å². The molecule has 1 aromatic rings. The van der Waals surface area contributed by atoms with Crippen molar-refractivity contribution in [2.24, 2.45) is 0 Å². The molecule has 1 unspecified atom stereocenters. The molecule has 0 saturated carbocycles. The van der Waals surface area contributed by atoms with Gasteiger partial charge in [-0.25, -0.2) is 13.6 Å². The molecule has 0 spiro atoms. The van der Waals surface area contributed by atoms with Gasteiger partial charge in [0.25, 0.3) is 5.92 Å². The van der Waals surface area contributed by atoms with Gasteiger partial charge in [0.15, 0.2) is 6.29 Å². The third-order valence-corrected chi connectivity index (χ3v) is 2.91. The second kappa shape index (κ2) is 4.35. The van der Waals surface area contributed by atoms with E-state index in [2.05, 4.69) is 5.10 Å². The van der Waals surface area contributed by atoms with Crippen LogP contribution in [0.4, 0.5) is 13.6 Å². The molecule has 1 fully saturated rings. The first-order valence-corrected chi connectivity index (χ1v) is 5.29. The van der Waals surface area contributed by atoms with Crippen LogP contribution in [0, 0.1) is 0 Å². The molecule has 8 heteroatoms. The molecule has 1 N–H and O–H groups in total. The second-order valence-electron chi connectivity index (χ2n) is 4.14. The van der Waals surface area contributed by atoms with Crippen LogP contribution in [-0.2, 0) is 0 Å².